The van der Waals surface area contributed by atoms with Gasteiger partial charge in [0.1, 0.15) is 5.60 Å². The van der Waals surface area contributed by atoms with Crippen LogP contribution in [0.3, 0.4) is 0 Å². The number of allylic oxidation sites excluding steroid dienone is 1. The topological polar surface area (TPSA) is 79.2 Å². The van der Waals surface area contributed by atoms with Gasteiger partial charge in [-0.25, -0.2) is 0 Å². The number of halogens is 5. The quantitative estimate of drug-likeness (QED) is 0.277. The predicted octanol–water partition coefficient (Wildman–Crippen LogP) is 6.40. The van der Waals surface area contributed by atoms with Crippen LogP contribution in [0.25, 0.3) is 0 Å². The minimum atomic E-state index is -5.89. The predicted molar refractivity (Wildman–Crippen MR) is 143 cm³/mol. The second-order valence-electron chi connectivity index (χ2n) is 14.6. The zero-order chi connectivity index (χ0) is 30.6. The number of alkyl halides is 5. The molecule has 0 bridgehead atoms. The molecule has 0 amide bonds. The molecule has 5 nitrogen and oxygen atoms in total. The molecule has 0 radical (unpaired) electrons. The maximum atomic E-state index is 15.2. The third kappa shape index (κ3) is 4.25. The van der Waals surface area contributed by atoms with Crippen LogP contribution in [-0.2, 0) is 16.1 Å². The van der Waals surface area contributed by atoms with E-state index < -0.39 is 52.8 Å². The van der Waals surface area contributed by atoms with Crippen molar-refractivity contribution in [2.75, 3.05) is 13.2 Å². The summed E-state index contributed by atoms with van der Waals surface area (Å²) in [5.74, 6) is -7.75. The van der Waals surface area contributed by atoms with Crippen LogP contribution in [0.5, 0.6) is 0 Å². The van der Waals surface area contributed by atoms with E-state index in [0.717, 1.165) is 11.1 Å². The Hall–Kier alpha value is -1.59. The summed E-state index contributed by atoms with van der Waals surface area (Å²) in [4.78, 5) is 0. The number of ether oxygens (including phenoxy) is 2. The third-order valence-corrected chi connectivity index (χ3v) is 11.5. The fourth-order valence-corrected chi connectivity index (χ4v) is 9.16. The smallest absolute Gasteiger partial charge is 0.392 e. The first kappa shape index (κ1) is 30.4. The summed E-state index contributed by atoms with van der Waals surface area (Å²) in [6.07, 6.45) is -4.71. The van der Waals surface area contributed by atoms with Crippen molar-refractivity contribution in [1.82, 2.24) is 0 Å². The number of rotatable bonds is 3. The third-order valence-electron chi connectivity index (χ3n) is 11.5. The highest BCUT2D eigenvalue weighted by atomic mass is 19.4. The Bertz CT molecular complexity index is 1250. The van der Waals surface area contributed by atoms with Gasteiger partial charge in [0.25, 0.3) is 0 Å². The molecular weight excluding hydrogens is 559 g/mol. The molecule has 0 unspecified atom stereocenters. The summed E-state index contributed by atoms with van der Waals surface area (Å²) in [7, 11) is 0. The molecule has 1 saturated heterocycles. The summed E-state index contributed by atoms with van der Waals surface area (Å²) in [5.41, 5.74) is -3.32. The van der Waals surface area contributed by atoms with Crippen molar-refractivity contribution in [3.63, 3.8) is 0 Å². The van der Waals surface area contributed by atoms with Gasteiger partial charge in [-0.15, -0.1) is 0 Å². The van der Waals surface area contributed by atoms with Gasteiger partial charge in [-0.3, -0.25) is 0 Å². The molecule has 3 saturated carbocycles. The van der Waals surface area contributed by atoms with Crippen LogP contribution in [0, 0.1) is 22.7 Å². The van der Waals surface area contributed by atoms with Crippen molar-refractivity contribution in [2.45, 2.75) is 114 Å². The van der Waals surface area contributed by atoms with Gasteiger partial charge in [-0.2, -0.15) is 22.0 Å². The minimum Gasteiger partial charge on any atom is -0.392 e. The Labute approximate surface area is 243 Å². The zero-order valence-corrected chi connectivity index (χ0v) is 24.4. The van der Waals surface area contributed by atoms with Gasteiger partial charge in [-0.05, 0) is 67.1 Å². The summed E-state index contributed by atoms with van der Waals surface area (Å²) in [6, 6.07) is 6.97. The lowest BCUT2D eigenvalue weighted by atomic mass is 9.49. The van der Waals surface area contributed by atoms with Crippen molar-refractivity contribution in [3.05, 3.63) is 46.5 Å². The van der Waals surface area contributed by atoms with E-state index in [9.17, 15) is 28.5 Å². The highest BCUT2D eigenvalue weighted by molar-refractivity contribution is 5.44. The first-order valence-electron chi connectivity index (χ1n) is 15.0. The highest BCUT2D eigenvalue weighted by Gasteiger charge is 2.79. The van der Waals surface area contributed by atoms with Crippen LogP contribution in [0.2, 0.25) is 0 Å². The molecular formula is C32H41F5O5. The lowest BCUT2D eigenvalue weighted by Gasteiger charge is -2.59. The molecule has 42 heavy (non-hydrogen) atoms. The Balaban J connectivity index is 1.45. The van der Waals surface area contributed by atoms with Gasteiger partial charge >= 0.3 is 12.1 Å². The van der Waals surface area contributed by atoms with Gasteiger partial charge < -0.3 is 24.8 Å². The van der Waals surface area contributed by atoms with Crippen LogP contribution in [0.1, 0.15) is 89.2 Å². The Kier molecular flexibility index (Phi) is 6.85. The first-order chi connectivity index (χ1) is 19.4. The largest absolute Gasteiger partial charge is 0.456 e. The number of aliphatic hydroxyl groups excluding tert-OH is 1. The van der Waals surface area contributed by atoms with Gasteiger partial charge in [0.15, 0.2) is 5.79 Å². The van der Waals surface area contributed by atoms with E-state index in [1.807, 2.05) is 13.8 Å². The average Bonchev–Trinajstić information content (AvgIpc) is 3.20. The maximum absolute atomic E-state index is 15.2. The highest BCUT2D eigenvalue weighted by Crippen LogP contribution is 2.71. The maximum Gasteiger partial charge on any atom is 0.456 e. The van der Waals surface area contributed by atoms with Gasteiger partial charge in [0.2, 0.25) is 0 Å². The van der Waals surface area contributed by atoms with Crippen molar-refractivity contribution in [3.8, 4) is 0 Å². The molecule has 10 heteroatoms. The summed E-state index contributed by atoms with van der Waals surface area (Å²) < 4.78 is 84.2. The molecule has 6 atom stereocenters. The van der Waals surface area contributed by atoms with Crippen LogP contribution in [0.4, 0.5) is 22.0 Å². The van der Waals surface area contributed by atoms with E-state index in [-0.39, 0.29) is 37.2 Å². The SMILES string of the molecule is CC1(C)COC2(CCC3=C4[C@@H](CC[C@@]3(O)C2)[C@@H]2CC[C@@](O)(C(F)(F)C(F)(F)F)[C@@]2(C)C[C@@H]4c2ccc(CO)cc2)OC1. The molecule has 234 valence electrons. The molecule has 0 aromatic heterocycles. The molecule has 6 rings (SSSR count). The van der Waals surface area contributed by atoms with Crippen molar-refractivity contribution in [1.29, 1.82) is 0 Å². The molecule has 3 N–H and O–H groups in total. The summed E-state index contributed by atoms with van der Waals surface area (Å²) in [5, 5.41) is 33.2. The van der Waals surface area contributed by atoms with Gasteiger partial charge in [0, 0.05) is 29.6 Å². The van der Waals surface area contributed by atoms with Crippen molar-refractivity contribution >= 4 is 0 Å². The molecule has 1 aromatic carbocycles. The fourth-order valence-electron chi connectivity index (χ4n) is 9.16. The molecule has 1 aliphatic heterocycles. The Morgan fingerprint density at radius 3 is 2.14 bits per heavy atom. The van der Waals surface area contributed by atoms with Crippen LogP contribution in [-0.4, -0.2) is 57.6 Å². The van der Waals surface area contributed by atoms with E-state index in [1.165, 1.54) is 6.92 Å². The first-order valence-corrected chi connectivity index (χ1v) is 15.0. The molecule has 1 spiro atoms. The molecule has 4 fully saturated rings. The Morgan fingerprint density at radius 2 is 1.55 bits per heavy atom. The number of hydrogen-bond donors (Lipinski definition) is 3. The normalized spacial score (nSPS) is 39.5. The van der Waals surface area contributed by atoms with Crippen LogP contribution < -0.4 is 0 Å². The average molecular weight is 601 g/mol. The number of benzene rings is 1. The van der Waals surface area contributed by atoms with Crippen molar-refractivity contribution in [2.24, 2.45) is 22.7 Å². The zero-order valence-electron chi connectivity index (χ0n) is 24.4. The van der Waals surface area contributed by atoms with E-state index in [2.05, 4.69) is 0 Å². The second-order valence-corrected chi connectivity index (χ2v) is 14.6. The lowest BCUT2D eigenvalue weighted by Crippen LogP contribution is -2.65. The minimum absolute atomic E-state index is 0.0416. The molecule has 1 aromatic rings. The molecule has 4 aliphatic carbocycles. The molecule has 5 aliphatic rings. The standard InChI is InChI=1S/C32H41F5O5/c1-26(2)17-41-29(42-18-26)12-9-24-25-21(8-11-28(24,39)16-29)23-10-13-30(40,31(33,34)32(35,36)37)27(23,3)14-22(25)20-6-4-19(15-38)5-7-20/h4-7,21-23,38-40H,8-18H2,1-3H3/t21-,22+,23-,27-,28+,30-/m0/s1. The van der Waals surface area contributed by atoms with E-state index >= 15 is 8.78 Å². The lowest BCUT2D eigenvalue weighted by molar-refractivity contribution is -0.362. The monoisotopic (exact) mass is 600 g/mol. The number of aliphatic hydroxyl groups is 3. The number of hydrogen-bond acceptors (Lipinski definition) is 5. The summed E-state index contributed by atoms with van der Waals surface area (Å²) >= 11 is 0. The van der Waals surface area contributed by atoms with Gasteiger partial charge in [-0.1, -0.05) is 50.6 Å². The van der Waals surface area contributed by atoms with E-state index in [0.29, 0.717) is 50.0 Å². The van der Waals surface area contributed by atoms with E-state index in [4.69, 9.17) is 9.47 Å². The fraction of sp³-hybridized carbons (Fsp3) is 0.750. The van der Waals surface area contributed by atoms with Crippen molar-refractivity contribution < 1.29 is 46.7 Å². The van der Waals surface area contributed by atoms with E-state index in [1.54, 1.807) is 24.3 Å². The van der Waals surface area contributed by atoms with Gasteiger partial charge in [0.05, 0.1) is 25.4 Å². The summed E-state index contributed by atoms with van der Waals surface area (Å²) in [6.45, 7) is 6.29. The second kappa shape index (κ2) is 9.46. The van der Waals surface area contributed by atoms with Crippen LogP contribution in [0.15, 0.2) is 35.4 Å². The molecule has 1 heterocycles. The number of fused-ring (bicyclic) bond motifs is 4. The Morgan fingerprint density at radius 1 is 0.905 bits per heavy atom. The van der Waals surface area contributed by atoms with Crippen LogP contribution >= 0.6 is 0 Å².